The fourth-order valence-electron chi connectivity index (χ4n) is 2.67. The minimum absolute atomic E-state index is 0.115. The topological polar surface area (TPSA) is 84.4 Å². The van der Waals surface area contributed by atoms with Gasteiger partial charge in [-0.15, -0.1) is 0 Å². The van der Waals surface area contributed by atoms with Gasteiger partial charge in [0.25, 0.3) is 6.01 Å². The van der Waals surface area contributed by atoms with Crippen molar-refractivity contribution in [1.82, 2.24) is 4.98 Å². The highest BCUT2D eigenvalue weighted by molar-refractivity contribution is 5.99. The number of benzene rings is 1. The Labute approximate surface area is 123 Å². The van der Waals surface area contributed by atoms with Crippen LogP contribution < -0.4 is 16.0 Å². The molecule has 1 saturated carbocycles. The van der Waals surface area contributed by atoms with Crippen molar-refractivity contribution in [2.75, 3.05) is 24.3 Å². The third-order valence-corrected chi connectivity index (χ3v) is 3.96. The predicted octanol–water partition coefficient (Wildman–Crippen LogP) is 2.10. The van der Waals surface area contributed by atoms with Gasteiger partial charge in [-0.2, -0.15) is 4.98 Å². The minimum atomic E-state index is -0.729. The Morgan fingerprint density at radius 2 is 2.10 bits per heavy atom. The first-order valence-electron chi connectivity index (χ1n) is 7.16. The van der Waals surface area contributed by atoms with E-state index >= 15 is 0 Å². The van der Waals surface area contributed by atoms with Gasteiger partial charge in [0.1, 0.15) is 5.52 Å². The van der Waals surface area contributed by atoms with E-state index in [-0.39, 0.29) is 5.91 Å². The van der Waals surface area contributed by atoms with Gasteiger partial charge in [0.05, 0.1) is 5.54 Å². The number of carbonyl (C=O) groups excluding carboxylic acids is 1. The summed E-state index contributed by atoms with van der Waals surface area (Å²) < 4.78 is 5.59. The van der Waals surface area contributed by atoms with Crippen LogP contribution in [0.15, 0.2) is 22.6 Å². The molecule has 0 bridgehead atoms. The first-order valence-corrected chi connectivity index (χ1v) is 7.16. The number of rotatable bonds is 3. The summed E-state index contributed by atoms with van der Waals surface area (Å²) >= 11 is 0. The van der Waals surface area contributed by atoms with Crippen molar-refractivity contribution in [3.05, 3.63) is 18.2 Å². The first kappa shape index (κ1) is 13.9. The van der Waals surface area contributed by atoms with Crippen LogP contribution in [0.5, 0.6) is 0 Å². The van der Waals surface area contributed by atoms with E-state index in [1.807, 2.05) is 32.3 Å². The molecule has 3 N–H and O–H groups in total. The highest BCUT2D eigenvalue weighted by Crippen LogP contribution is 2.29. The van der Waals surface area contributed by atoms with Gasteiger partial charge in [-0.1, -0.05) is 12.8 Å². The molecule has 0 atom stereocenters. The van der Waals surface area contributed by atoms with Crippen LogP contribution in [0.2, 0.25) is 0 Å². The lowest BCUT2D eigenvalue weighted by atomic mass is 9.98. The lowest BCUT2D eigenvalue weighted by molar-refractivity contribution is -0.121. The summed E-state index contributed by atoms with van der Waals surface area (Å²) in [4.78, 5) is 18.5. The number of hydrogen-bond acceptors (Lipinski definition) is 5. The number of carbonyl (C=O) groups is 1. The SMILES string of the molecule is CN(C)c1nc2cc(NC(=O)C3(N)CCCC3)ccc2o1. The Balaban J connectivity index is 1.82. The molecule has 1 aromatic carbocycles. The predicted molar refractivity (Wildman–Crippen MR) is 82.4 cm³/mol. The monoisotopic (exact) mass is 288 g/mol. The molecule has 1 aliphatic carbocycles. The lowest BCUT2D eigenvalue weighted by Crippen LogP contribution is -2.48. The summed E-state index contributed by atoms with van der Waals surface area (Å²) in [7, 11) is 3.73. The maximum absolute atomic E-state index is 12.3. The zero-order valence-electron chi connectivity index (χ0n) is 12.3. The van der Waals surface area contributed by atoms with Crippen molar-refractivity contribution in [2.45, 2.75) is 31.2 Å². The number of hydrogen-bond donors (Lipinski definition) is 2. The third kappa shape index (κ3) is 2.58. The number of nitrogens with zero attached hydrogens (tertiary/aromatic N) is 2. The number of amides is 1. The molecular weight excluding hydrogens is 268 g/mol. The number of oxazole rings is 1. The molecule has 1 amide bonds. The zero-order valence-corrected chi connectivity index (χ0v) is 12.3. The Morgan fingerprint density at radius 3 is 2.76 bits per heavy atom. The van der Waals surface area contributed by atoms with E-state index < -0.39 is 5.54 Å². The van der Waals surface area contributed by atoms with E-state index in [0.717, 1.165) is 25.7 Å². The molecule has 112 valence electrons. The van der Waals surface area contributed by atoms with E-state index in [0.29, 0.717) is 22.8 Å². The van der Waals surface area contributed by atoms with Gasteiger partial charge in [-0.25, -0.2) is 0 Å². The molecule has 1 aliphatic rings. The van der Waals surface area contributed by atoms with Crippen molar-refractivity contribution >= 4 is 28.7 Å². The van der Waals surface area contributed by atoms with Crippen molar-refractivity contribution in [3.8, 4) is 0 Å². The summed E-state index contributed by atoms with van der Waals surface area (Å²) in [5, 5.41) is 2.90. The molecule has 3 rings (SSSR count). The highest BCUT2D eigenvalue weighted by atomic mass is 16.4. The molecule has 0 unspecified atom stereocenters. The van der Waals surface area contributed by atoms with E-state index in [4.69, 9.17) is 10.2 Å². The Kier molecular flexibility index (Phi) is 3.33. The molecule has 1 aromatic heterocycles. The van der Waals surface area contributed by atoms with Gasteiger partial charge < -0.3 is 20.4 Å². The maximum Gasteiger partial charge on any atom is 0.297 e. The first-order chi connectivity index (χ1) is 9.98. The van der Waals surface area contributed by atoms with Gasteiger partial charge in [-0.3, -0.25) is 4.79 Å². The second kappa shape index (κ2) is 5.04. The van der Waals surface area contributed by atoms with E-state index in [1.165, 1.54) is 0 Å². The molecule has 6 heteroatoms. The van der Waals surface area contributed by atoms with Crippen molar-refractivity contribution < 1.29 is 9.21 Å². The van der Waals surface area contributed by atoms with Crippen LogP contribution >= 0.6 is 0 Å². The second-order valence-corrected chi connectivity index (χ2v) is 5.89. The van der Waals surface area contributed by atoms with Gasteiger partial charge >= 0.3 is 0 Å². The van der Waals surface area contributed by atoms with E-state index in [1.54, 1.807) is 4.90 Å². The standard InChI is InChI=1S/C15H20N4O2/c1-19(2)14-18-11-9-10(5-6-12(11)21-14)17-13(20)15(16)7-3-4-8-15/h5-6,9H,3-4,7-8,16H2,1-2H3,(H,17,20). The summed E-state index contributed by atoms with van der Waals surface area (Å²) in [6, 6.07) is 5.97. The van der Waals surface area contributed by atoms with Crippen LogP contribution in [0.25, 0.3) is 11.1 Å². The Bertz CT molecular complexity index is 671. The summed E-state index contributed by atoms with van der Waals surface area (Å²) in [5.74, 6) is -0.115. The number of anilines is 2. The van der Waals surface area contributed by atoms with Gasteiger partial charge in [0.2, 0.25) is 5.91 Å². The average Bonchev–Trinajstić information content (AvgIpc) is 3.05. The number of aromatic nitrogens is 1. The molecule has 0 radical (unpaired) electrons. The van der Waals surface area contributed by atoms with E-state index in [9.17, 15) is 4.79 Å². The van der Waals surface area contributed by atoms with Gasteiger partial charge in [-0.05, 0) is 31.0 Å². The molecule has 21 heavy (non-hydrogen) atoms. The molecule has 1 heterocycles. The molecule has 2 aromatic rings. The van der Waals surface area contributed by atoms with E-state index in [2.05, 4.69) is 10.3 Å². The Hall–Kier alpha value is -2.08. The van der Waals surface area contributed by atoms with Crippen molar-refractivity contribution in [2.24, 2.45) is 5.73 Å². The third-order valence-electron chi connectivity index (χ3n) is 3.96. The largest absolute Gasteiger partial charge is 0.423 e. The quantitative estimate of drug-likeness (QED) is 0.903. The molecule has 6 nitrogen and oxygen atoms in total. The summed E-state index contributed by atoms with van der Waals surface area (Å²) in [6.45, 7) is 0. The molecule has 0 saturated heterocycles. The molecule has 1 fully saturated rings. The fourth-order valence-corrected chi connectivity index (χ4v) is 2.67. The number of fused-ring (bicyclic) bond motifs is 1. The van der Waals surface area contributed by atoms with Crippen LogP contribution in [0, 0.1) is 0 Å². The molecule has 0 spiro atoms. The fraction of sp³-hybridized carbons (Fsp3) is 0.467. The number of nitrogens with one attached hydrogen (secondary N) is 1. The smallest absolute Gasteiger partial charge is 0.297 e. The van der Waals surface area contributed by atoms with Crippen LogP contribution in [-0.4, -0.2) is 30.5 Å². The molecule has 0 aliphatic heterocycles. The summed E-state index contributed by atoms with van der Waals surface area (Å²) in [5.41, 5.74) is 7.53. The average molecular weight is 288 g/mol. The van der Waals surface area contributed by atoms with Gasteiger partial charge in [0, 0.05) is 19.8 Å². The highest BCUT2D eigenvalue weighted by Gasteiger charge is 2.36. The van der Waals surface area contributed by atoms with Crippen LogP contribution in [0.4, 0.5) is 11.7 Å². The normalized spacial score (nSPS) is 17.1. The van der Waals surface area contributed by atoms with Crippen LogP contribution in [0.3, 0.4) is 0 Å². The minimum Gasteiger partial charge on any atom is -0.423 e. The van der Waals surface area contributed by atoms with Crippen molar-refractivity contribution in [1.29, 1.82) is 0 Å². The van der Waals surface area contributed by atoms with Crippen molar-refractivity contribution in [3.63, 3.8) is 0 Å². The second-order valence-electron chi connectivity index (χ2n) is 5.89. The summed E-state index contributed by atoms with van der Waals surface area (Å²) in [6.07, 6.45) is 3.52. The lowest BCUT2D eigenvalue weighted by Gasteiger charge is -2.22. The van der Waals surface area contributed by atoms with Gasteiger partial charge in [0.15, 0.2) is 5.58 Å². The number of nitrogens with two attached hydrogens (primary N) is 1. The Morgan fingerprint density at radius 1 is 1.38 bits per heavy atom. The van der Waals surface area contributed by atoms with Crippen LogP contribution in [0.1, 0.15) is 25.7 Å². The zero-order chi connectivity index (χ0) is 15.0. The van der Waals surface area contributed by atoms with Crippen LogP contribution in [-0.2, 0) is 4.79 Å². The maximum atomic E-state index is 12.3. The molecular formula is C15H20N4O2.